The first kappa shape index (κ1) is 13.2. The van der Waals surface area contributed by atoms with Crippen LogP contribution >= 0.6 is 11.6 Å². The maximum Gasteiger partial charge on any atom is 0.306 e. The number of hydrogen-bond donors (Lipinski definition) is 2. The first-order valence-corrected chi connectivity index (χ1v) is 7.04. The molecule has 1 unspecified atom stereocenters. The molecule has 0 amide bonds. The van der Waals surface area contributed by atoms with Crippen LogP contribution in [0.3, 0.4) is 0 Å². The van der Waals surface area contributed by atoms with Gasteiger partial charge < -0.3 is 10.1 Å². The second-order valence-electron chi connectivity index (χ2n) is 5.15. The number of H-pyrrole nitrogens is 1. The number of hydrogen-bond acceptors (Lipinski definition) is 2. The molecule has 5 heteroatoms. The van der Waals surface area contributed by atoms with Gasteiger partial charge in [0.25, 0.3) is 0 Å². The van der Waals surface area contributed by atoms with Crippen molar-refractivity contribution in [2.45, 2.75) is 25.7 Å². The summed E-state index contributed by atoms with van der Waals surface area (Å²) in [6.45, 7) is 0. The molecule has 0 aliphatic heterocycles. The number of imidazole rings is 1. The average Bonchev–Trinajstić information content (AvgIpc) is 2.82. The van der Waals surface area contributed by atoms with Crippen molar-refractivity contribution >= 4 is 17.6 Å². The van der Waals surface area contributed by atoms with Gasteiger partial charge in [0.15, 0.2) is 0 Å². The van der Waals surface area contributed by atoms with Crippen LogP contribution < -0.4 is 0 Å². The van der Waals surface area contributed by atoms with Crippen LogP contribution in [-0.4, -0.2) is 21.0 Å². The van der Waals surface area contributed by atoms with Gasteiger partial charge in [-0.2, -0.15) is 0 Å². The Kier molecular flexibility index (Phi) is 3.49. The molecule has 0 bridgehead atoms. The Morgan fingerprint density at radius 3 is 3.00 bits per heavy atom. The van der Waals surface area contributed by atoms with Crippen LogP contribution in [0.15, 0.2) is 24.3 Å². The van der Waals surface area contributed by atoms with Crippen LogP contribution in [0.5, 0.6) is 0 Å². The maximum atomic E-state index is 11.1. The second-order valence-corrected chi connectivity index (χ2v) is 5.56. The first-order chi connectivity index (χ1) is 9.63. The van der Waals surface area contributed by atoms with Gasteiger partial charge in [0.2, 0.25) is 0 Å². The lowest BCUT2D eigenvalue weighted by Crippen LogP contribution is -2.22. The third-order valence-corrected chi connectivity index (χ3v) is 4.13. The van der Waals surface area contributed by atoms with Crippen LogP contribution in [0.2, 0.25) is 5.02 Å². The number of aliphatic carboxylic acids is 1. The fourth-order valence-corrected chi connectivity index (χ4v) is 2.86. The smallest absolute Gasteiger partial charge is 0.306 e. The molecule has 0 spiro atoms. The molecule has 20 heavy (non-hydrogen) atoms. The summed E-state index contributed by atoms with van der Waals surface area (Å²) in [5.74, 6) is -0.164. The van der Waals surface area contributed by atoms with Gasteiger partial charge in [-0.3, -0.25) is 4.79 Å². The highest BCUT2D eigenvalue weighted by molar-refractivity contribution is 6.31. The van der Waals surface area contributed by atoms with Gasteiger partial charge in [-0.1, -0.05) is 29.8 Å². The lowest BCUT2D eigenvalue weighted by atomic mass is 9.90. The normalized spacial score (nSPS) is 17.8. The van der Waals surface area contributed by atoms with E-state index in [4.69, 9.17) is 16.7 Å². The topological polar surface area (TPSA) is 66.0 Å². The average molecular weight is 291 g/mol. The van der Waals surface area contributed by atoms with Crippen LogP contribution in [0.4, 0.5) is 0 Å². The number of carbonyl (C=O) groups is 1. The molecular weight excluding hydrogens is 276 g/mol. The van der Waals surface area contributed by atoms with Crippen molar-refractivity contribution in [2.75, 3.05) is 0 Å². The first-order valence-electron chi connectivity index (χ1n) is 6.66. The van der Waals surface area contributed by atoms with Crippen molar-refractivity contribution in [3.8, 4) is 0 Å². The fraction of sp³-hybridized carbons (Fsp3) is 0.333. The van der Waals surface area contributed by atoms with Crippen molar-refractivity contribution in [3.05, 3.63) is 52.1 Å². The van der Waals surface area contributed by atoms with Crippen LogP contribution in [0, 0.1) is 5.92 Å². The van der Waals surface area contributed by atoms with Gasteiger partial charge in [0.1, 0.15) is 5.82 Å². The maximum absolute atomic E-state index is 11.1. The molecule has 0 saturated carbocycles. The van der Waals surface area contributed by atoms with Crippen molar-refractivity contribution in [2.24, 2.45) is 5.92 Å². The zero-order valence-corrected chi connectivity index (χ0v) is 11.7. The van der Waals surface area contributed by atoms with E-state index < -0.39 is 5.97 Å². The number of aromatic amines is 1. The van der Waals surface area contributed by atoms with E-state index >= 15 is 0 Å². The Morgan fingerprint density at radius 1 is 1.45 bits per heavy atom. The summed E-state index contributed by atoms with van der Waals surface area (Å²) in [6.07, 6.45) is 2.58. The fourth-order valence-electron chi connectivity index (χ4n) is 2.66. The molecule has 2 N–H and O–H groups in total. The van der Waals surface area contributed by atoms with E-state index in [-0.39, 0.29) is 5.92 Å². The summed E-state index contributed by atoms with van der Waals surface area (Å²) < 4.78 is 0. The zero-order chi connectivity index (χ0) is 14.1. The third kappa shape index (κ3) is 2.56. The van der Waals surface area contributed by atoms with Crippen LogP contribution in [-0.2, 0) is 24.1 Å². The van der Waals surface area contributed by atoms with Crippen molar-refractivity contribution in [3.63, 3.8) is 0 Å². The molecule has 1 atom stereocenters. The molecular formula is C15H15ClN2O2. The Balaban J connectivity index is 1.81. The molecule has 4 nitrogen and oxygen atoms in total. The summed E-state index contributed by atoms with van der Waals surface area (Å²) in [5, 5.41) is 9.82. The van der Waals surface area contributed by atoms with E-state index in [9.17, 15) is 4.79 Å². The predicted molar refractivity (Wildman–Crippen MR) is 76.0 cm³/mol. The number of halogens is 1. The highest BCUT2D eigenvalue weighted by Crippen LogP contribution is 2.25. The Morgan fingerprint density at radius 2 is 2.25 bits per heavy atom. The number of aryl methyl sites for hydroxylation is 1. The molecule has 2 aromatic rings. The van der Waals surface area contributed by atoms with Crippen molar-refractivity contribution in [1.29, 1.82) is 0 Å². The SMILES string of the molecule is O=C(O)C1CCc2nc(Cc3ccccc3Cl)[nH]c2C1. The summed E-state index contributed by atoms with van der Waals surface area (Å²) in [7, 11) is 0. The molecule has 0 fully saturated rings. The number of fused-ring (bicyclic) bond motifs is 1. The van der Waals surface area contributed by atoms with Gasteiger partial charge in [-0.05, 0) is 24.5 Å². The highest BCUT2D eigenvalue weighted by atomic mass is 35.5. The summed E-state index contributed by atoms with van der Waals surface area (Å²) in [5.41, 5.74) is 2.99. The van der Waals surface area contributed by atoms with Gasteiger partial charge >= 0.3 is 5.97 Å². The molecule has 0 saturated heterocycles. The minimum Gasteiger partial charge on any atom is -0.481 e. The van der Waals surface area contributed by atoms with Gasteiger partial charge in [0, 0.05) is 23.6 Å². The van der Waals surface area contributed by atoms with Crippen molar-refractivity contribution in [1.82, 2.24) is 9.97 Å². The summed E-state index contributed by atoms with van der Waals surface area (Å²) in [6, 6.07) is 7.69. The predicted octanol–water partition coefficient (Wildman–Crippen LogP) is 2.84. The Hall–Kier alpha value is -1.81. The van der Waals surface area contributed by atoms with Crippen molar-refractivity contribution < 1.29 is 9.90 Å². The van der Waals surface area contributed by atoms with Crippen LogP contribution in [0.1, 0.15) is 29.2 Å². The molecule has 1 aromatic carbocycles. The van der Waals surface area contributed by atoms with Gasteiger partial charge in [-0.15, -0.1) is 0 Å². The van der Waals surface area contributed by atoms with E-state index in [1.165, 1.54) is 0 Å². The highest BCUT2D eigenvalue weighted by Gasteiger charge is 2.26. The summed E-state index contributed by atoms with van der Waals surface area (Å²) in [4.78, 5) is 18.9. The molecule has 1 aliphatic carbocycles. The van der Waals surface area contributed by atoms with Gasteiger partial charge in [0.05, 0.1) is 11.6 Å². The van der Waals surface area contributed by atoms with Gasteiger partial charge in [-0.25, -0.2) is 4.98 Å². The van der Waals surface area contributed by atoms with E-state index in [0.717, 1.165) is 34.2 Å². The second kappa shape index (κ2) is 5.29. The number of nitrogens with one attached hydrogen (secondary N) is 1. The van der Waals surface area contributed by atoms with E-state index in [2.05, 4.69) is 9.97 Å². The lowest BCUT2D eigenvalue weighted by molar-refractivity contribution is -0.142. The molecule has 1 heterocycles. The zero-order valence-electron chi connectivity index (χ0n) is 10.9. The largest absolute Gasteiger partial charge is 0.481 e. The molecule has 0 radical (unpaired) electrons. The van der Waals surface area contributed by atoms with E-state index in [1.54, 1.807) is 0 Å². The third-order valence-electron chi connectivity index (χ3n) is 3.76. The number of nitrogens with zero attached hydrogens (tertiary/aromatic N) is 1. The molecule has 104 valence electrons. The molecule has 1 aliphatic rings. The minimum atomic E-state index is -0.724. The van der Waals surface area contributed by atoms with Crippen LogP contribution in [0.25, 0.3) is 0 Å². The lowest BCUT2D eigenvalue weighted by Gasteiger charge is -2.16. The number of aromatic nitrogens is 2. The summed E-state index contributed by atoms with van der Waals surface area (Å²) >= 11 is 6.15. The number of benzene rings is 1. The van der Waals surface area contributed by atoms with E-state index in [1.807, 2.05) is 24.3 Å². The number of rotatable bonds is 3. The Bertz CT molecular complexity index is 651. The minimum absolute atomic E-state index is 0.295. The number of carboxylic acid groups (broad SMARTS) is 1. The molecule has 1 aromatic heterocycles. The Labute approximate surface area is 121 Å². The standard InChI is InChI=1S/C15H15ClN2O2/c16-11-4-2-1-3-9(11)8-14-17-12-6-5-10(15(19)20)7-13(12)18-14/h1-4,10H,5-8H2,(H,17,18)(H,19,20). The molecule has 3 rings (SSSR count). The van der Waals surface area contributed by atoms with E-state index in [0.29, 0.717) is 19.3 Å². The monoisotopic (exact) mass is 290 g/mol. The number of carboxylic acids is 1. The quantitative estimate of drug-likeness (QED) is 0.913.